The Balaban J connectivity index is 1.49. The summed E-state index contributed by atoms with van der Waals surface area (Å²) in [5.74, 6) is 0. The molecule has 1 spiro atoms. The highest BCUT2D eigenvalue weighted by Crippen LogP contribution is 2.63. The van der Waals surface area contributed by atoms with Gasteiger partial charge in [-0.2, -0.15) is 0 Å². The highest BCUT2D eigenvalue weighted by Gasteiger charge is 2.52. The van der Waals surface area contributed by atoms with E-state index >= 15 is 0 Å². The van der Waals surface area contributed by atoms with Crippen LogP contribution in [0.1, 0.15) is 27.8 Å². The van der Waals surface area contributed by atoms with E-state index in [4.69, 9.17) is 0 Å². The van der Waals surface area contributed by atoms with Crippen molar-refractivity contribution in [2.75, 3.05) is 0 Å². The molecule has 3 heteroatoms. The second-order valence-electron chi connectivity index (χ2n) is 11.2. The minimum absolute atomic E-state index is 0.0555. The zero-order chi connectivity index (χ0) is 26.2. The van der Waals surface area contributed by atoms with Crippen molar-refractivity contribution in [2.24, 2.45) is 0 Å². The fourth-order valence-electron chi connectivity index (χ4n) is 8.23. The largest absolute Gasteiger partial charge is 0.386 e. The molecule has 0 saturated carbocycles. The van der Waals surface area contributed by atoms with E-state index in [-0.39, 0.29) is 5.56 Å². The molecule has 0 saturated heterocycles. The predicted molar refractivity (Wildman–Crippen MR) is 161 cm³/mol. The molecule has 0 radical (unpaired) electrons. The van der Waals surface area contributed by atoms with Crippen LogP contribution in [-0.2, 0) is 12.0 Å². The summed E-state index contributed by atoms with van der Waals surface area (Å²) in [6.07, 6.45) is 2.09. The van der Waals surface area contributed by atoms with Gasteiger partial charge < -0.3 is 5.32 Å². The molecule has 0 unspecified atom stereocenters. The number of benzene rings is 5. The summed E-state index contributed by atoms with van der Waals surface area (Å²) in [6, 6.07) is 39.2. The van der Waals surface area contributed by atoms with Crippen molar-refractivity contribution in [3.8, 4) is 22.3 Å². The lowest BCUT2D eigenvalue weighted by atomic mass is 9.70. The molecule has 5 aromatic carbocycles. The van der Waals surface area contributed by atoms with E-state index < -0.39 is 5.41 Å². The summed E-state index contributed by atoms with van der Waals surface area (Å²) in [5.41, 5.74) is 13.0. The standard InChI is InChI=1S/C37H22N2O/c40-36-25-12-2-1-9-21(25)27-19-38-20-28-24-17-18-32-33(35(24)39(36)34(27)28)26-13-5-8-16-31(26)37(32)29-14-6-3-10-22(29)23-11-4-7-15-30(23)37/h1-19,38H,20H2. The number of hydrogen-bond donors (Lipinski definition) is 1. The van der Waals surface area contributed by atoms with Crippen LogP contribution in [0.15, 0.2) is 114 Å². The molecular weight excluding hydrogens is 488 g/mol. The van der Waals surface area contributed by atoms with E-state index in [0.29, 0.717) is 6.54 Å². The number of rotatable bonds is 0. The van der Waals surface area contributed by atoms with Crippen molar-refractivity contribution in [2.45, 2.75) is 12.0 Å². The molecule has 186 valence electrons. The third-order valence-electron chi connectivity index (χ3n) is 9.62. The van der Waals surface area contributed by atoms with Crippen LogP contribution >= 0.6 is 0 Å². The van der Waals surface area contributed by atoms with Gasteiger partial charge in [0.2, 0.25) is 0 Å². The maximum atomic E-state index is 14.4. The Bertz CT molecular complexity index is 2370. The van der Waals surface area contributed by atoms with Gasteiger partial charge in [-0.05, 0) is 50.4 Å². The normalized spacial score (nSPS) is 15.1. The Morgan fingerprint density at radius 2 is 1.18 bits per heavy atom. The summed E-state index contributed by atoms with van der Waals surface area (Å²) < 4.78 is 2.03. The van der Waals surface area contributed by atoms with Gasteiger partial charge >= 0.3 is 0 Å². The summed E-state index contributed by atoms with van der Waals surface area (Å²) in [6.45, 7) is 0.703. The fraction of sp³-hybridized carbons (Fsp3) is 0.0541. The molecule has 40 heavy (non-hydrogen) atoms. The van der Waals surface area contributed by atoms with Gasteiger partial charge in [0.05, 0.1) is 16.4 Å². The molecule has 7 aromatic rings. The molecule has 10 rings (SSSR count). The van der Waals surface area contributed by atoms with Crippen molar-refractivity contribution in [3.05, 3.63) is 153 Å². The number of fused-ring (bicyclic) bond motifs is 16. The number of pyridine rings is 1. The second-order valence-corrected chi connectivity index (χ2v) is 11.2. The van der Waals surface area contributed by atoms with Gasteiger partial charge in [-0.25, -0.2) is 0 Å². The maximum Gasteiger partial charge on any atom is 0.263 e. The molecule has 2 aliphatic carbocycles. The number of aromatic nitrogens is 1. The molecule has 2 aromatic heterocycles. The van der Waals surface area contributed by atoms with Crippen LogP contribution in [0.5, 0.6) is 0 Å². The second kappa shape index (κ2) is 6.88. The van der Waals surface area contributed by atoms with Gasteiger partial charge in [-0.3, -0.25) is 9.20 Å². The Morgan fingerprint density at radius 1 is 0.575 bits per heavy atom. The molecule has 3 nitrogen and oxygen atoms in total. The van der Waals surface area contributed by atoms with E-state index in [2.05, 4.69) is 103 Å². The zero-order valence-electron chi connectivity index (χ0n) is 21.5. The van der Waals surface area contributed by atoms with Gasteiger partial charge in [0.1, 0.15) is 0 Å². The van der Waals surface area contributed by atoms with Gasteiger partial charge in [-0.1, -0.05) is 103 Å². The smallest absolute Gasteiger partial charge is 0.263 e. The Labute approximate surface area is 229 Å². The van der Waals surface area contributed by atoms with E-state index in [1.54, 1.807) is 0 Å². The molecule has 0 fully saturated rings. The maximum absolute atomic E-state index is 14.4. The Morgan fingerprint density at radius 3 is 1.90 bits per heavy atom. The van der Waals surface area contributed by atoms with E-state index in [1.807, 2.05) is 22.6 Å². The van der Waals surface area contributed by atoms with Crippen molar-refractivity contribution >= 4 is 33.4 Å². The molecule has 1 N–H and O–H groups in total. The average molecular weight is 511 g/mol. The van der Waals surface area contributed by atoms with Crippen LogP contribution in [0.2, 0.25) is 0 Å². The van der Waals surface area contributed by atoms with Crippen molar-refractivity contribution < 1.29 is 0 Å². The van der Waals surface area contributed by atoms with Gasteiger partial charge in [0.25, 0.3) is 5.56 Å². The minimum atomic E-state index is -0.426. The first-order valence-corrected chi connectivity index (χ1v) is 13.9. The first-order valence-electron chi connectivity index (χ1n) is 13.9. The number of hydrogen-bond acceptors (Lipinski definition) is 2. The van der Waals surface area contributed by atoms with Crippen LogP contribution < -0.4 is 16.1 Å². The first kappa shape index (κ1) is 20.8. The monoisotopic (exact) mass is 510 g/mol. The lowest BCUT2D eigenvalue weighted by Gasteiger charge is -2.30. The summed E-state index contributed by atoms with van der Waals surface area (Å²) in [5, 5.41) is 7.52. The summed E-state index contributed by atoms with van der Waals surface area (Å²) >= 11 is 0. The minimum Gasteiger partial charge on any atom is -0.386 e. The SMILES string of the molecule is O=c1c2ccccc2c2c3c(c4ccc5c(c4n13)-c1ccccc1C51c3ccccc3-c3ccccc31)CNC=2. The topological polar surface area (TPSA) is 33.5 Å². The molecule has 1 aliphatic heterocycles. The summed E-state index contributed by atoms with van der Waals surface area (Å²) in [4.78, 5) is 14.4. The van der Waals surface area contributed by atoms with Crippen LogP contribution in [0.25, 0.3) is 55.6 Å². The molecule has 0 bridgehead atoms. The van der Waals surface area contributed by atoms with Crippen molar-refractivity contribution in [3.63, 3.8) is 0 Å². The number of nitrogens with one attached hydrogen (secondary N) is 1. The van der Waals surface area contributed by atoms with Crippen LogP contribution in [0, 0.1) is 0 Å². The van der Waals surface area contributed by atoms with E-state index in [9.17, 15) is 4.79 Å². The highest BCUT2D eigenvalue weighted by molar-refractivity contribution is 6.09. The molecular formula is C37H22N2O. The summed E-state index contributed by atoms with van der Waals surface area (Å²) in [7, 11) is 0. The van der Waals surface area contributed by atoms with Gasteiger partial charge in [0.15, 0.2) is 0 Å². The van der Waals surface area contributed by atoms with Crippen LogP contribution in [0.4, 0.5) is 0 Å². The molecule has 3 aliphatic rings. The third-order valence-corrected chi connectivity index (χ3v) is 9.62. The highest BCUT2D eigenvalue weighted by atomic mass is 16.1. The Hall–Kier alpha value is -5.15. The van der Waals surface area contributed by atoms with E-state index in [1.165, 1.54) is 50.1 Å². The van der Waals surface area contributed by atoms with E-state index in [0.717, 1.165) is 32.4 Å². The quantitative estimate of drug-likeness (QED) is 0.252. The molecule has 3 heterocycles. The lowest BCUT2D eigenvalue weighted by molar-refractivity contribution is 0.794. The fourth-order valence-corrected chi connectivity index (χ4v) is 8.23. The zero-order valence-corrected chi connectivity index (χ0v) is 21.5. The Kier molecular flexibility index (Phi) is 3.57. The van der Waals surface area contributed by atoms with Crippen LogP contribution in [-0.4, -0.2) is 4.40 Å². The van der Waals surface area contributed by atoms with Crippen molar-refractivity contribution in [1.82, 2.24) is 9.72 Å². The van der Waals surface area contributed by atoms with Crippen LogP contribution in [0.3, 0.4) is 0 Å². The van der Waals surface area contributed by atoms with Gasteiger partial charge in [-0.15, -0.1) is 0 Å². The predicted octanol–water partition coefficient (Wildman–Crippen LogP) is 6.51. The average Bonchev–Trinajstić information content (AvgIpc) is 3.62. The lowest BCUT2D eigenvalue weighted by Crippen LogP contribution is -2.26. The van der Waals surface area contributed by atoms with Gasteiger partial charge in [0, 0.05) is 39.9 Å². The first-order chi connectivity index (χ1) is 19.8. The third kappa shape index (κ3) is 2.10. The number of nitrogens with zero attached hydrogens (tertiary/aromatic N) is 1. The molecule has 0 atom stereocenters. The van der Waals surface area contributed by atoms with Crippen molar-refractivity contribution in [1.29, 1.82) is 0 Å². The molecule has 0 amide bonds.